The largest absolute Gasteiger partial charge is 0.406 e. The Balaban J connectivity index is 2.96. The van der Waals surface area contributed by atoms with E-state index in [9.17, 15) is 18.0 Å². The molecule has 1 rings (SSSR count). The summed E-state index contributed by atoms with van der Waals surface area (Å²) >= 11 is 8.89. The van der Waals surface area contributed by atoms with Gasteiger partial charge in [-0.05, 0) is 25.1 Å². The molecule has 0 saturated heterocycles. The molecule has 0 spiro atoms. The monoisotopic (exact) mass is 343 g/mol. The molecule has 0 aromatic heterocycles. The van der Waals surface area contributed by atoms with Crippen molar-refractivity contribution in [2.45, 2.75) is 13.1 Å². The minimum atomic E-state index is -4.42. The smallest absolute Gasteiger partial charge is 0.330 e. The first kappa shape index (κ1) is 15.3. The zero-order valence-electron chi connectivity index (χ0n) is 9.39. The number of carbonyl (C=O) groups is 1. The summed E-state index contributed by atoms with van der Waals surface area (Å²) in [6.45, 7) is 0.193. The number of benzene rings is 1. The molecule has 1 amide bonds. The Morgan fingerprint density at radius 1 is 1.39 bits per heavy atom. The first-order valence-electron chi connectivity index (χ1n) is 5.05. The van der Waals surface area contributed by atoms with Gasteiger partial charge in [-0.1, -0.05) is 27.5 Å². The van der Waals surface area contributed by atoms with Crippen LogP contribution in [0.4, 0.5) is 13.2 Å². The highest BCUT2D eigenvalue weighted by Gasteiger charge is 2.32. The van der Waals surface area contributed by atoms with E-state index in [1.165, 1.54) is 19.1 Å². The van der Waals surface area contributed by atoms with Gasteiger partial charge in [0.2, 0.25) is 0 Å². The highest BCUT2D eigenvalue weighted by Crippen LogP contribution is 2.22. The fourth-order valence-corrected chi connectivity index (χ4v) is 2.26. The molecule has 0 heterocycles. The maximum absolute atomic E-state index is 12.3. The summed E-state index contributed by atoms with van der Waals surface area (Å²) in [7, 11) is 0. The summed E-state index contributed by atoms with van der Waals surface area (Å²) in [4.78, 5) is 12.6. The average Bonchev–Trinajstić information content (AvgIpc) is 2.22. The molecule has 0 saturated carbocycles. The van der Waals surface area contributed by atoms with Gasteiger partial charge in [-0.2, -0.15) is 13.2 Å². The number of carbonyl (C=O) groups excluding carboxylic acids is 1. The molecule has 0 aliphatic heterocycles. The van der Waals surface area contributed by atoms with Crippen molar-refractivity contribution in [2.75, 3.05) is 13.1 Å². The van der Waals surface area contributed by atoms with Crippen LogP contribution < -0.4 is 0 Å². The molecule has 0 aliphatic carbocycles. The SMILES string of the molecule is CCN(CC(F)(F)F)C(=O)c1cc(Cl)cc(Br)c1. The minimum absolute atomic E-state index is 0.0253. The number of hydrogen-bond acceptors (Lipinski definition) is 1. The first-order chi connectivity index (χ1) is 8.23. The van der Waals surface area contributed by atoms with Crippen molar-refractivity contribution in [1.29, 1.82) is 0 Å². The Kier molecular flexibility index (Phi) is 5.04. The summed E-state index contributed by atoms with van der Waals surface area (Å²) in [6.07, 6.45) is -4.42. The van der Waals surface area contributed by atoms with Gasteiger partial charge in [-0.15, -0.1) is 0 Å². The van der Waals surface area contributed by atoms with Gasteiger partial charge < -0.3 is 4.90 Å². The van der Waals surface area contributed by atoms with Crippen molar-refractivity contribution < 1.29 is 18.0 Å². The Morgan fingerprint density at radius 3 is 2.44 bits per heavy atom. The first-order valence-corrected chi connectivity index (χ1v) is 6.22. The van der Waals surface area contributed by atoms with Crippen LogP contribution in [0, 0.1) is 0 Å². The maximum atomic E-state index is 12.3. The molecule has 0 unspecified atom stereocenters. The molecule has 18 heavy (non-hydrogen) atoms. The van der Waals surface area contributed by atoms with E-state index in [4.69, 9.17) is 11.6 Å². The molecule has 2 nitrogen and oxygen atoms in total. The molecule has 0 radical (unpaired) electrons. The standard InChI is InChI=1S/C11H10BrClF3NO/c1-2-17(6-11(14,15)16)10(18)7-3-8(12)5-9(13)4-7/h3-5H,2,6H2,1H3. The number of hydrogen-bond donors (Lipinski definition) is 0. The molecule has 0 aliphatic rings. The predicted octanol–water partition coefficient (Wildman–Crippen LogP) is 4.13. The van der Waals surface area contributed by atoms with E-state index < -0.39 is 18.6 Å². The van der Waals surface area contributed by atoms with Gasteiger partial charge in [-0.25, -0.2) is 0 Å². The van der Waals surface area contributed by atoms with Crippen LogP contribution in [0.25, 0.3) is 0 Å². The van der Waals surface area contributed by atoms with Gasteiger partial charge in [0.15, 0.2) is 0 Å². The van der Waals surface area contributed by atoms with E-state index in [2.05, 4.69) is 15.9 Å². The van der Waals surface area contributed by atoms with Crippen molar-refractivity contribution in [2.24, 2.45) is 0 Å². The summed E-state index contributed by atoms with van der Waals surface area (Å²) in [5.74, 6) is -0.696. The van der Waals surface area contributed by atoms with Crippen LogP contribution in [0.5, 0.6) is 0 Å². The fourth-order valence-electron chi connectivity index (χ4n) is 1.40. The van der Waals surface area contributed by atoms with Crippen LogP contribution in [0.2, 0.25) is 5.02 Å². The van der Waals surface area contributed by atoms with E-state index in [1.807, 2.05) is 0 Å². The van der Waals surface area contributed by atoms with Crippen LogP contribution in [-0.2, 0) is 0 Å². The van der Waals surface area contributed by atoms with Gasteiger partial charge >= 0.3 is 6.18 Å². The van der Waals surface area contributed by atoms with E-state index in [1.54, 1.807) is 6.07 Å². The Labute approximate surface area is 116 Å². The van der Waals surface area contributed by atoms with Crippen molar-refractivity contribution >= 4 is 33.4 Å². The van der Waals surface area contributed by atoms with E-state index >= 15 is 0 Å². The molecular formula is C11H10BrClF3NO. The molecule has 0 atom stereocenters. The summed E-state index contributed by atoms with van der Waals surface area (Å²) in [5, 5.41) is 0.288. The Hall–Kier alpha value is -0.750. The molecule has 0 bridgehead atoms. The maximum Gasteiger partial charge on any atom is 0.406 e. The van der Waals surface area contributed by atoms with E-state index in [-0.39, 0.29) is 17.1 Å². The number of nitrogens with zero attached hydrogens (tertiary/aromatic N) is 1. The van der Waals surface area contributed by atoms with Gasteiger partial charge in [-0.3, -0.25) is 4.79 Å². The summed E-state index contributed by atoms with van der Waals surface area (Å²) < 4.78 is 37.4. The molecule has 7 heteroatoms. The molecule has 0 N–H and O–H groups in total. The van der Waals surface area contributed by atoms with E-state index in [0.29, 0.717) is 4.47 Å². The van der Waals surface area contributed by atoms with Gasteiger partial charge in [0.1, 0.15) is 6.54 Å². The molecule has 100 valence electrons. The normalized spacial score (nSPS) is 11.4. The minimum Gasteiger partial charge on any atom is -0.330 e. The fraction of sp³-hybridized carbons (Fsp3) is 0.364. The van der Waals surface area contributed by atoms with Crippen molar-refractivity contribution in [1.82, 2.24) is 4.90 Å². The Bertz CT molecular complexity index is 430. The summed E-state index contributed by atoms with van der Waals surface area (Å²) in [6, 6.07) is 4.33. The lowest BCUT2D eigenvalue weighted by molar-refractivity contribution is -0.140. The highest BCUT2D eigenvalue weighted by atomic mass is 79.9. The van der Waals surface area contributed by atoms with E-state index in [0.717, 1.165) is 4.90 Å². The molecular weight excluding hydrogens is 334 g/mol. The number of halogens is 5. The van der Waals surface area contributed by atoms with Crippen LogP contribution in [-0.4, -0.2) is 30.1 Å². The third kappa shape index (κ3) is 4.49. The second-order valence-corrected chi connectivity index (χ2v) is 4.94. The zero-order chi connectivity index (χ0) is 13.9. The highest BCUT2D eigenvalue weighted by molar-refractivity contribution is 9.10. The van der Waals surface area contributed by atoms with Crippen LogP contribution in [0.1, 0.15) is 17.3 Å². The third-order valence-electron chi connectivity index (χ3n) is 2.15. The van der Waals surface area contributed by atoms with Gasteiger partial charge in [0.05, 0.1) is 0 Å². The zero-order valence-corrected chi connectivity index (χ0v) is 11.7. The van der Waals surface area contributed by atoms with Gasteiger partial charge in [0, 0.05) is 21.6 Å². The summed E-state index contributed by atoms with van der Waals surface area (Å²) in [5.41, 5.74) is 0.125. The van der Waals surface area contributed by atoms with Crippen LogP contribution in [0.3, 0.4) is 0 Å². The lowest BCUT2D eigenvalue weighted by atomic mass is 10.2. The quantitative estimate of drug-likeness (QED) is 0.807. The molecule has 0 fully saturated rings. The van der Waals surface area contributed by atoms with Crippen molar-refractivity contribution in [3.63, 3.8) is 0 Å². The van der Waals surface area contributed by atoms with Crippen molar-refractivity contribution in [3.8, 4) is 0 Å². The van der Waals surface area contributed by atoms with Gasteiger partial charge in [0.25, 0.3) is 5.91 Å². The second kappa shape index (κ2) is 5.93. The lowest BCUT2D eigenvalue weighted by Crippen LogP contribution is -2.38. The Morgan fingerprint density at radius 2 is 2.00 bits per heavy atom. The number of amides is 1. The molecule has 1 aromatic carbocycles. The number of rotatable bonds is 3. The molecule has 1 aromatic rings. The topological polar surface area (TPSA) is 20.3 Å². The average molecular weight is 345 g/mol. The van der Waals surface area contributed by atoms with Crippen molar-refractivity contribution in [3.05, 3.63) is 33.3 Å². The lowest BCUT2D eigenvalue weighted by Gasteiger charge is -2.22. The van der Waals surface area contributed by atoms with Crippen LogP contribution in [0.15, 0.2) is 22.7 Å². The van der Waals surface area contributed by atoms with Crippen LogP contribution >= 0.6 is 27.5 Å². The number of alkyl halides is 3. The third-order valence-corrected chi connectivity index (χ3v) is 2.82. The second-order valence-electron chi connectivity index (χ2n) is 3.59. The predicted molar refractivity (Wildman–Crippen MR) is 66.8 cm³/mol.